The van der Waals surface area contributed by atoms with Crippen molar-refractivity contribution < 1.29 is 19.2 Å². The first-order valence-electron chi connectivity index (χ1n) is 9.47. The van der Waals surface area contributed by atoms with Crippen LogP contribution in [0.3, 0.4) is 0 Å². The average Bonchev–Trinajstić information content (AvgIpc) is 3.48. The Balaban J connectivity index is 1.39. The highest BCUT2D eigenvalue weighted by atomic mass is 32.1. The van der Waals surface area contributed by atoms with Crippen molar-refractivity contribution in [2.45, 2.75) is 6.92 Å². The molecule has 0 aliphatic carbocycles. The Kier molecular flexibility index (Phi) is 4.79. The number of nitro benzene ring substituents is 1. The lowest BCUT2D eigenvalue weighted by Gasteiger charge is -2.04. The molecule has 0 radical (unpaired) electrons. The molecule has 11 heteroatoms. The number of thiazole rings is 1. The first kappa shape index (κ1) is 19.7. The second kappa shape index (κ2) is 7.78. The highest BCUT2D eigenvalue weighted by molar-refractivity contribution is 7.20. The van der Waals surface area contributed by atoms with E-state index in [1.807, 2.05) is 19.1 Å². The zero-order valence-electron chi connectivity index (χ0n) is 16.6. The molecule has 0 spiro atoms. The Morgan fingerprint density at radius 1 is 1.25 bits per heavy atom. The van der Waals surface area contributed by atoms with Crippen molar-refractivity contribution in [2.24, 2.45) is 0 Å². The topological polar surface area (TPSA) is 121 Å². The third-order valence-corrected chi connectivity index (χ3v) is 5.64. The molecule has 32 heavy (non-hydrogen) atoms. The van der Waals surface area contributed by atoms with Gasteiger partial charge in [-0.2, -0.15) is 9.78 Å². The first-order valence-corrected chi connectivity index (χ1v) is 10.3. The standard InChI is InChI=1S/C21H15N5O5S/c1-12-7-19(23-20(27)6-5-13-3-2-4-14(8-13)26(28)29)25(24-12)21-22-15-9-16-17(31-11-30-16)10-18(15)32-21/h2-10H,11H2,1H3,(H,23,27)/b6-5+. The van der Waals surface area contributed by atoms with Crippen LogP contribution in [0.15, 0.2) is 48.5 Å². The minimum atomic E-state index is -0.482. The van der Waals surface area contributed by atoms with Crippen LogP contribution in [0.1, 0.15) is 11.3 Å². The number of carbonyl (C=O) groups is 1. The lowest BCUT2D eigenvalue weighted by molar-refractivity contribution is -0.384. The van der Waals surface area contributed by atoms with Gasteiger partial charge in [0.15, 0.2) is 11.5 Å². The van der Waals surface area contributed by atoms with Gasteiger partial charge in [0.1, 0.15) is 5.82 Å². The number of nitro groups is 1. The Morgan fingerprint density at radius 3 is 2.88 bits per heavy atom. The Bertz CT molecular complexity index is 1370. The van der Waals surface area contributed by atoms with E-state index in [-0.39, 0.29) is 12.5 Å². The highest BCUT2D eigenvalue weighted by Gasteiger charge is 2.19. The normalized spacial score (nSPS) is 12.5. The number of rotatable bonds is 5. The van der Waals surface area contributed by atoms with E-state index in [9.17, 15) is 14.9 Å². The van der Waals surface area contributed by atoms with Crippen LogP contribution in [0.25, 0.3) is 21.4 Å². The summed E-state index contributed by atoms with van der Waals surface area (Å²) in [6.45, 7) is 2.01. The lowest BCUT2D eigenvalue weighted by atomic mass is 10.2. The number of hydrogen-bond acceptors (Lipinski definition) is 8. The second-order valence-corrected chi connectivity index (χ2v) is 7.94. The van der Waals surface area contributed by atoms with Gasteiger partial charge in [-0.1, -0.05) is 23.5 Å². The third-order valence-electron chi connectivity index (χ3n) is 4.64. The van der Waals surface area contributed by atoms with Crippen molar-refractivity contribution in [3.63, 3.8) is 0 Å². The maximum atomic E-state index is 12.5. The molecule has 0 fully saturated rings. The van der Waals surface area contributed by atoms with Crippen molar-refractivity contribution in [1.29, 1.82) is 0 Å². The number of hydrogen-bond donors (Lipinski definition) is 1. The summed E-state index contributed by atoms with van der Waals surface area (Å²) in [4.78, 5) is 27.5. The van der Waals surface area contributed by atoms with Crippen molar-refractivity contribution in [1.82, 2.24) is 14.8 Å². The number of aromatic nitrogens is 3. The van der Waals surface area contributed by atoms with Gasteiger partial charge in [0, 0.05) is 36.4 Å². The average molecular weight is 449 g/mol. The number of benzene rings is 2. The number of carbonyl (C=O) groups excluding carboxylic acids is 1. The number of non-ortho nitro benzene ring substituents is 1. The van der Waals surface area contributed by atoms with E-state index in [0.29, 0.717) is 33.7 Å². The Labute approximate surface area is 184 Å². The van der Waals surface area contributed by atoms with E-state index in [4.69, 9.17) is 9.47 Å². The molecule has 4 aromatic rings. The molecule has 0 saturated heterocycles. The number of fused-ring (bicyclic) bond motifs is 2. The molecule has 1 amide bonds. The Morgan fingerprint density at radius 2 is 2.06 bits per heavy atom. The molecule has 0 bridgehead atoms. The van der Waals surface area contributed by atoms with Crippen LogP contribution < -0.4 is 14.8 Å². The van der Waals surface area contributed by atoms with Crippen molar-refractivity contribution >= 4 is 45.0 Å². The van der Waals surface area contributed by atoms with E-state index >= 15 is 0 Å². The van der Waals surface area contributed by atoms with Crippen LogP contribution in [0.5, 0.6) is 11.5 Å². The maximum Gasteiger partial charge on any atom is 0.270 e. The number of ether oxygens (including phenoxy) is 2. The number of aryl methyl sites for hydroxylation is 1. The monoisotopic (exact) mass is 449 g/mol. The number of nitrogens with one attached hydrogen (secondary N) is 1. The fourth-order valence-electron chi connectivity index (χ4n) is 3.21. The molecule has 3 heterocycles. The third kappa shape index (κ3) is 3.76. The maximum absolute atomic E-state index is 12.5. The number of amides is 1. The van der Waals surface area contributed by atoms with Gasteiger partial charge in [0.25, 0.3) is 5.69 Å². The predicted molar refractivity (Wildman–Crippen MR) is 118 cm³/mol. The molecule has 5 rings (SSSR count). The van der Waals surface area contributed by atoms with Crippen LogP contribution in [-0.4, -0.2) is 32.4 Å². The molecule has 1 aliphatic heterocycles. The van der Waals surface area contributed by atoms with Crippen LogP contribution in [0, 0.1) is 17.0 Å². The highest BCUT2D eigenvalue weighted by Crippen LogP contribution is 2.38. The van der Waals surface area contributed by atoms with E-state index in [0.717, 1.165) is 10.2 Å². The molecule has 0 saturated carbocycles. The largest absolute Gasteiger partial charge is 0.454 e. The minimum Gasteiger partial charge on any atom is -0.454 e. The summed E-state index contributed by atoms with van der Waals surface area (Å²) in [6.07, 6.45) is 2.82. The Hall–Kier alpha value is -4.25. The van der Waals surface area contributed by atoms with Gasteiger partial charge in [0.05, 0.1) is 20.8 Å². The van der Waals surface area contributed by atoms with E-state index < -0.39 is 10.8 Å². The molecule has 160 valence electrons. The van der Waals surface area contributed by atoms with Crippen LogP contribution in [0.4, 0.5) is 11.5 Å². The fourth-order valence-corrected chi connectivity index (χ4v) is 4.15. The van der Waals surface area contributed by atoms with Gasteiger partial charge in [-0.15, -0.1) is 0 Å². The van der Waals surface area contributed by atoms with E-state index in [1.54, 1.807) is 22.9 Å². The van der Waals surface area contributed by atoms with Gasteiger partial charge in [-0.25, -0.2) is 4.98 Å². The molecule has 0 atom stereocenters. The minimum absolute atomic E-state index is 0.0427. The number of nitrogens with zero attached hydrogens (tertiary/aromatic N) is 4. The summed E-state index contributed by atoms with van der Waals surface area (Å²) in [5.41, 5.74) is 1.95. The summed E-state index contributed by atoms with van der Waals surface area (Å²) in [5.74, 6) is 1.37. The van der Waals surface area contributed by atoms with Gasteiger partial charge >= 0.3 is 0 Å². The van der Waals surface area contributed by atoms with Gasteiger partial charge in [-0.05, 0) is 18.6 Å². The zero-order valence-corrected chi connectivity index (χ0v) is 17.5. The predicted octanol–water partition coefficient (Wildman–Crippen LogP) is 4.08. The lowest BCUT2D eigenvalue weighted by Crippen LogP contribution is -2.12. The van der Waals surface area contributed by atoms with Gasteiger partial charge in [-0.3, -0.25) is 14.9 Å². The smallest absolute Gasteiger partial charge is 0.270 e. The quantitative estimate of drug-likeness (QED) is 0.277. The second-order valence-electron chi connectivity index (χ2n) is 6.93. The molecule has 10 nitrogen and oxygen atoms in total. The van der Waals surface area contributed by atoms with Crippen LogP contribution in [0.2, 0.25) is 0 Å². The van der Waals surface area contributed by atoms with Crippen molar-refractivity contribution in [2.75, 3.05) is 12.1 Å². The molecule has 0 unspecified atom stereocenters. The van der Waals surface area contributed by atoms with Crippen LogP contribution in [-0.2, 0) is 4.79 Å². The van der Waals surface area contributed by atoms with E-state index in [1.165, 1.54) is 35.6 Å². The molecule has 1 aliphatic rings. The SMILES string of the molecule is Cc1cc(NC(=O)/C=C/c2cccc([N+](=O)[O-])c2)n(-c2nc3cc4c(cc3s2)OCO4)n1. The molecular weight excluding hydrogens is 434 g/mol. The van der Waals surface area contributed by atoms with E-state index in [2.05, 4.69) is 15.4 Å². The molecule has 1 N–H and O–H groups in total. The summed E-state index contributed by atoms with van der Waals surface area (Å²) in [6, 6.07) is 11.4. The molecule has 2 aromatic carbocycles. The van der Waals surface area contributed by atoms with Crippen LogP contribution >= 0.6 is 11.3 Å². The summed E-state index contributed by atoms with van der Waals surface area (Å²) >= 11 is 1.41. The van der Waals surface area contributed by atoms with Gasteiger partial charge in [0.2, 0.25) is 17.8 Å². The summed E-state index contributed by atoms with van der Waals surface area (Å²) in [5, 5.41) is 18.7. The summed E-state index contributed by atoms with van der Waals surface area (Å²) < 4.78 is 13.3. The first-order chi connectivity index (χ1) is 15.5. The summed E-state index contributed by atoms with van der Waals surface area (Å²) in [7, 11) is 0. The van der Waals surface area contributed by atoms with Crippen molar-refractivity contribution in [3.8, 4) is 16.6 Å². The zero-order chi connectivity index (χ0) is 22.2. The van der Waals surface area contributed by atoms with Gasteiger partial charge < -0.3 is 14.8 Å². The number of anilines is 1. The molecular formula is C21H15N5O5S. The van der Waals surface area contributed by atoms with Crippen molar-refractivity contribution in [3.05, 3.63) is 69.9 Å². The molecule has 2 aromatic heterocycles. The fraction of sp³-hybridized carbons (Fsp3) is 0.0952.